The third kappa shape index (κ3) is 2.58. The Morgan fingerprint density at radius 2 is 1.79 bits per heavy atom. The van der Waals surface area contributed by atoms with Gasteiger partial charge in [0.15, 0.2) is 23.3 Å². The number of benzene rings is 1. The number of hydrogen-bond donors (Lipinski definition) is 1. The Morgan fingerprint density at radius 3 is 2.37 bits per heavy atom. The summed E-state index contributed by atoms with van der Waals surface area (Å²) >= 11 is 0. The van der Waals surface area contributed by atoms with Crippen molar-refractivity contribution in [3.8, 4) is 5.69 Å². The first-order chi connectivity index (χ1) is 9.04. The first kappa shape index (κ1) is 13.5. The lowest BCUT2D eigenvalue weighted by molar-refractivity contribution is 0.443. The van der Waals surface area contributed by atoms with Crippen molar-refractivity contribution in [3.63, 3.8) is 0 Å². The highest BCUT2D eigenvalue weighted by Crippen LogP contribution is 2.22. The van der Waals surface area contributed by atoms with Gasteiger partial charge in [-0.25, -0.2) is 22.2 Å². The minimum absolute atomic E-state index is 0.143. The van der Waals surface area contributed by atoms with Crippen LogP contribution in [0.2, 0.25) is 0 Å². The van der Waals surface area contributed by atoms with Crippen LogP contribution in [0.4, 0.5) is 17.6 Å². The van der Waals surface area contributed by atoms with Crippen LogP contribution in [0, 0.1) is 23.3 Å². The van der Waals surface area contributed by atoms with E-state index < -0.39 is 29.0 Å². The maximum Gasteiger partial charge on any atom is 0.187 e. The van der Waals surface area contributed by atoms with E-state index in [9.17, 15) is 17.6 Å². The molecule has 0 aliphatic heterocycles. The van der Waals surface area contributed by atoms with Crippen molar-refractivity contribution in [1.82, 2.24) is 20.3 Å². The quantitative estimate of drug-likeness (QED) is 0.684. The Morgan fingerprint density at radius 1 is 1.16 bits per heavy atom. The van der Waals surface area contributed by atoms with Crippen LogP contribution in [-0.2, 0) is 6.54 Å². The molecule has 8 heteroatoms. The van der Waals surface area contributed by atoms with Crippen LogP contribution >= 0.6 is 0 Å². The Labute approximate surface area is 106 Å². The third-order valence-electron chi connectivity index (χ3n) is 2.41. The van der Waals surface area contributed by atoms with Crippen molar-refractivity contribution in [2.45, 2.75) is 13.5 Å². The van der Waals surface area contributed by atoms with Crippen LogP contribution in [0.5, 0.6) is 0 Å². The molecule has 102 valence electrons. The van der Waals surface area contributed by atoms with Crippen LogP contribution in [0.15, 0.2) is 12.3 Å². The third-order valence-corrected chi connectivity index (χ3v) is 2.41. The normalized spacial score (nSPS) is 11.0. The van der Waals surface area contributed by atoms with Crippen molar-refractivity contribution in [1.29, 1.82) is 0 Å². The molecule has 0 spiro atoms. The summed E-state index contributed by atoms with van der Waals surface area (Å²) in [5.41, 5.74) is -0.530. The van der Waals surface area contributed by atoms with E-state index >= 15 is 0 Å². The number of aromatic nitrogens is 3. The van der Waals surface area contributed by atoms with E-state index in [2.05, 4.69) is 15.6 Å². The zero-order valence-electron chi connectivity index (χ0n) is 9.92. The molecule has 0 saturated carbocycles. The number of rotatable bonds is 4. The predicted octanol–water partition coefficient (Wildman–Crippen LogP) is 1.93. The molecule has 0 radical (unpaired) electrons. The Kier molecular flexibility index (Phi) is 3.79. The summed E-state index contributed by atoms with van der Waals surface area (Å²) in [5.74, 6) is -6.01. The SMILES string of the molecule is CCNCc1cn(-c2c(F)c(F)cc(F)c2F)nn1. The molecule has 1 heterocycles. The standard InChI is InChI=1S/C11H10F4N4/c1-2-16-4-6-5-19(18-17-6)11-9(14)7(12)3-8(13)10(11)15/h3,5,16H,2,4H2,1H3. The summed E-state index contributed by atoms with van der Waals surface area (Å²) in [4.78, 5) is 0. The fourth-order valence-electron chi connectivity index (χ4n) is 1.50. The van der Waals surface area contributed by atoms with Gasteiger partial charge < -0.3 is 5.32 Å². The van der Waals surface area contributed by atoms with Gasteiger partial charge in [-0.2, -0.15) is 0 Å². The summed E-state index contributed by atoms with van der Waals surface area (Å²) in [6.07, 6.45) is 1.20. The molecule has 4 nitrogen and oxygen atoms in total. The minimum Gasteiger partial charge on any atom is -0.311 e. The second kappa shape index (κ2) is 5.35. The van der Waals surface area contributed by atoms with Gasteiger partial charge in [0.05, 0.1) is 11.9 Å². The number of hydrogen-bond acceptors (Lipinski definition) is 3. The molecular weight excluding hydrogens is 264 g/mol. The van der Waals surface area contributed by atoms with E-state index in [1.54, 1.807) is 0 Å². The van der Waals surface area contributed by atoms with Crippen LogP contribution in [0.3, 0.4) is 0 Å². The van der Waals surface area contributed by atoms with Crippen molar-refractivity contribution in [3.05, 3.63) is 41.2 Å². The Hall–Kier alpha value is -1.96. The van der Waals surface area contributed by atoms with Crippen LogP contribution in [0.25, 0.3) is 5.69 Å². The average Bonchev–Trinajstić information content (AvgIpc) is 2.83. The maximum absolute atomic E-state index is 13.5. The maximum atomic E-state index is 13.5. The first-order valence-electron chi connectivity index (χ1n) is 5.50. The lowest BCUT2D eigenvalue weighted by Gasteiger charge is -2.05. The molecule has 0 saturated heterocycles. The van der Waals surface area contributed by atoms with Gasteiger partial charge in [-0.1, -0.05) is 12.1 Å². The van der Waals surface area contributed by atoms with Crippen LogP contribution in [0.1, 0.15) is 12.6 Å². The molecule has 0 aliphatic rings. The first-order valence-corrected chi connectivity index (χ1v) is 5.50. The van der Waals surface area contributed by atoms with Crippen molar-refractivity contribution >= 4 is 0 Å². The fourth-order valence-corrected chi connectivity index (χ4v) is 1.50. The van der Waals surface area contributed by atoms with Gasteiger partial charge in [-0.3, -0.25) is 0 Å². The monoisotopic (exact) mass is 274 g/mol. The smallest absolute Gasteiger partial charge is 0.187 e. The molecule has 0 atom stereocenters. The Bertz CT molecular complexity index is 570. The van der Waals surface area contributed by atoms with Gasteiger partial charge in [0.2, 0.25) is 0 Å². The van der Waals surface area contributed by atoms with Gasteiger partial charge in [0, 0.05) is 12.6 Å². The fraction of sp³-hybridized carbons (Fsp3) is 0.273. The van der Waals surface area contributed by atoms with Crippen LogP contribution < -0.4 is 5.32 Å². The molecule has 0 fully saturated rings. The lowest BCUT2D eigenvalue weighted by atomic mass is 10.2. The summed E-state index contributed by atoms with van der Waals surface area (Å²) in [7, 11) is 0. The topological polar surface area (TPSA) is 42.7 Å². The molecule has 2 rings (SSSR count). The van der Waals surface area contributed by atoms with Crippen molar-refractivity contribution in [2.24, 2.45) is 0 Å². The van der Waals surface area contributed by atoms with Gasteiger partial charge in [-0.15, -0.1) is 5.10 Å². The van der Waals surface area contributed by atoms with E-state index in [-0.39, 0.29) is 6.07 Å². The number of halogens is 4. The molecule has 1 aromatic carbocycles. The molecular formula is C11H10F4N4. The molecule has 0 aliphatic carbocycles. The summed E-state index contributed by atoms with van der Waals surface area (Å²) in [5, 5.41) is 10.0. The number of nitrogens with zero attached hydrogens (tertiary/aromatic N) is 3. The average molecular weight is 274 g/mol. The zero-order valence-corrected chi connectivity index (χ0v) is 9.92. The van der Waals surface area contributed by atoms with E-state index in [0.29, 0.717) is 23.5 Å². The van der Waals surface area contributed by atoms with E-state index in [4.69, 9.17) is 0 Å². The predicted molar refractivity (Wildman–Crippen MR) is 58.6 cm³/mol. The molecule has 0 bridgehead atoms. The van der Waals surface area contributed by atoms with E-state index in [1.807, 2.05) is 6.92 Å². The van der Waals surface area contributed by atoms with Crippen molar-refractivity contribution in [2.75, 3.05) is 6.54 Å². The van der Waals surface area contributed by atoms with Gasteiger partial charge >= 0.3 is 0 Å². The number of nitrogens with one attached hydrogen (secondary N) is 1. The molecule has 1 N–H and O–H groups in total. The van der Waals surface area contributed by atoms with E-state index in [1.165, 1.54) is 6.20 Å². The summed E-state index contributed by atoms with van der Waals surface area (Å²) < 4.78 is 53.8. The molecule has 0 amide bonds. The summed E-state index contributed by atoms with van der Waals surface area (Å²) in [6.45, 7) is 2.87. The summed E-state index contributed by atoms with van der Waals surface area (Å²) in [6, 6.07) is 0.143. The molecule has 19 heavy (non-hydrogen) atoms. The van der Waals surface area contributed by atoms with Crippen molar-refractivity contribution < 1.29 is 17.6 Å². The Balaban J connectivity index is 2.44. The molecule has 0 unspecified atom stereocenters. The van der Waals surface area contributed by atoms with Gasteiger partial charge in [0.1, 0.15) is 5.69 Å². The second-order valence-electron chi connectivity index (χ2n) is 3.75. The van der Waals surface area contributed by atoms with Gasteiger partial charge in [0.25, 0.3) is 0 Å². The minimum atomic E-state index is -1.51. The lowest BCUT2D eigenvalue weighted by Crippen LogP contribution is -2.11. The molecule has 1 aromatic heterocycles. The highest BCUT2D eigenvalue weighted by molar-refractivity contribution is 5.36. The highest BCUT2D eigenvalue weighted by Gasteiger charge is 2.21. The van der Waals surface area contributed by atoms with Crippen LogP contribution in [-0.4, -0.2) is 21.5 Å². The highest BCUT2D eigenvalue weighted by atomic mass is 19.2. The largest absolute Gasteiger partial charge is 0.311 e. The second-order valence-corrected chi connectivity index (χ2v) is 3.75. The van der Waals surface area contributed by atoms with E-state index in [0.717, 1.165) is 0 Å². The molecule has 2 aromatic rings. The zero-order chi connectivity index (χ0) is 14.0. The van der Waals surface area contributed by atoms with Gasteiger partial charge in [-0.05, 0) is 6.54 Å².